The van der Waals surface area contributed by atoms with Gasteiger partial charge in [0.2, 0.25) is 10.0 Å². The van der Waals surface area contributed by atoms with Gasteiger partial charge in [-0.15, -0.1) is 0 Å². The fourth-order valence-electron chi connectivity index (χ4n) is 1.95. The van der Waals surface area contributed by atoms with Gasteiger partial charge in [-0.2, -0.15) is 0 Å². The molecule has 0 aromatic heterocycles. The van der Waals surface area contributed by atoms with Crippen molar-refractivity contribution in [1.29, 1.82) is 0 Å². The standard InChI is InChI=1S/C13H21NO2S/c1-5-10-13(3,4)14-17(15,16)12-9-7-6-8-11(12)2/h6-9,14H,5,10H2,1-4H3. The topological polar surface area (TPSA) is 46.2 Å². The van der Waals surface area contributed by atoms with E-state index in [4.69, 9.17) is 0 Å². The van der Waals surface area contributed by atoms with E-state index in [-0.39, 0.29) is 0 Å². The highest BCUT2D eigenvalue weighted by molar-refractivity contribution is 7.89. The zero-order valence-electron chi connectivity index (χ0n) is 10.9. The normalized spacial score (nSPS) is 12.7. The molecule has 0 atom stereocenters. The minimum atomic E-state index is -3.42. The predicted octanol–water partition coefficient (Wildman–Crippen LogP) is 2.85. The van der Waals surface area contributed by atoms with Gasteiger partial charge in [0.1, 0.15) is 0 Å². The Hall–Kier alpha value is -0.870. The van der Waals surface area contributed by atoms with Crippen LogP contribution in [0.2, 0.25) is 0 Å². The van der Waals surface area contributed by atoms with Crippen LogP contribution in [0.5, 0.6) is 0 Å². The quantitative estimate of drug-likeness (QED) is 0.879. The van der Waals surface area contributed by atoms with Crippen molar-refractivity contribution < 1.29 is 8.42 Å². The van der Waals surface area contributed by atoms with Crippen LogP contribution in [0, 0.1) is 6.92 Å². The maximum absolute atomic E-state index is 12.2. The summed E-state index contributed by atoms with van der Waals surface area (Å²) in [5.74, 6) is 0. The van der Waals surface area contributed by atoms with Crippen molar-refractivity contribution in [1.82, 2.24) is 4.72 Å². The Morgan fingerprint density at radius 1 is 1.24 bits per heavy atom. The monoisotopic (exact) mass is 255 g/mol. The molecule has 0 amide bonds. The van der Waals surface area contributed by atoms with Crippen molar-refractivity contribution >= 4 is 10.0 Å². The molecule has 0 spiro atoms. The lowest BCUT2D eigenvalue weighted by molar-refractivity contribution is 0.417. The van der Waals surface area contributed by atoms with Crippen molar-refractivity contribution in [3.63, 3.8) is 0 Å². The summed E-state index contributed by atoms with van der Waals surface area (Å²) in [6.07, 6.45) is 1.77. The zero-order chi connectivity index (χ0) is 13.1. The van der Waals surface area contributed by atoms with E-state index in [9.17, 15) is 8.42 Å². The second kappa shape index (κ2) is 5.19. The summed E-state index contributed by atoms with van der Waals surface area (Å²) in [6.45, 7) is 7.67. The first-order chi connectivity index (χ1) is 7.78. The molecular weight excluding hydrogens is 234 g/mol. The van der Waals surface area contributed by atoms with Gasteiger partial charge in [0.05, 0.1) is 4.90 Å². The summed E-state index contributed by atoms with van der Waals surface area (Å²) in [5.41, 5.74) is 0.364. The van der Waals surface area contributed by atoms with E-state index in [1.807, 2.05) is 26.8 Å². The van der Waals surface area contributed by atoms with Crippen LogP contribution in [0.3, 0.4) is 0 Å². The number of hydrogen-bond donors (Lipinski definition) is 1. The van der Waals surface area contributed by atoms with Gasteiger partial charge in [-0.3, -0.25) is 0 Å². The summed E-state index contributed by atoms with van der Waals surface area (Å²) in [4.78, 5) is 0.365. The molecule has 0 unspecified atom stereocenters. The minimum absolute atomic E-state index is 0.365. The second-order valence-electron chi connectivity index (χ2n) is 5.00. The highest BCUT2D eigenvalue weighted by atomic mass is 32.2. The molecule has 0 radical (unpaired) electrons. The van der Waals surface area contributed by atoms with E-state index < -0.39 is 15.6 Å². The van der Waals surface area contributed by atoms with E-state index in [1.54, 1.807) is 25.1 Å². The Labute approximate surface area is 104 Å². The molecule has 4 heteroatoms. The van der Waals surface area contributed by atoms with Crippen LogP contribution in [0.1, 0.15) is 39.2 Å². The maximum Gasteiger partial charge on any atom is 0.241 e. The van der Waals surface area contributed by atoms with Crippen molar-refractivity contribution in [3.05, 3.63) is 29.8 Å². The van der Waals surface area contributed by atoms with Crippen molar-refractivity contribution in [3.8, 4) is 0 Å². The predicted molar refractivity (Wildman–Crippen MR) is 70.5 cm³/mol. The van der Waals surface area contributed by atoms with Gasteiger partial charge in [-0.1, -0.05) is 31.5 Å². The third kappa shape index (κ3) is 3.82. The molecule has 0 bridgehead atoms. The van der Waals surface area contributed by atoms with Crippen molar-refractivity contribution in [2.45, 2.75) is 51.0 Å². The molecule has 0 aliphatic rings. The Kier molecular flexibility index (Phi) is 4.33. The van der Waals surface area contributed by atoms with E-state index in [2.05, 4.69) is 4.72 Å². The fraction of sp³-hybridized carbons (Fsp3) is 0.538. The minimum Gasteiger partial charge on any atom is -0.207 e. The first-order valence-corrected chi connectivity index (χ1v) is 7.36. The highest BCUT2D eigenvalue weighted by Gasteiger charge is 2.26. The summed E-state index contributed by atoms with van der Waals surface area (Å²) < 4.78 is 27.2. The Balaban J connectivity index is 3.02. The molecule has 0 fully saturated rings. The number of rotatable bonds is 5. The molecular formula is C13H21NO2S. The Bertz CT molecular complexity index is 478. The largest absolute Gasteiger partial charge is 0.241 e. The average Bonchev–Trinajstić information content (AvgIpc) is 2.15. The second-order valence-corrected chi connectivity index (χ2v) is 6.66. The van der Waals surface area contributed by atoms with Gasteiger partial charge in [0, 0.05) is 5.54 Å². The Morgan fingerprint density at radius 3 is 2.35 bits per heavy atom. The summed E-state index contributed by atoms with van der Waals surface area (Å²) in [5, 5.41) is 0. The molecule has 1 aromatic carbocycles. The van der Waals surface area contributed by atoms with Gasteiger partial charge in [0.25, 0.3) is 0 Å². The van der Waals surface area contributed by atoms with Crippen LogP contribution in [0.4, 0.5) is 0 Å². The van der Waals surface area contributed by atoms with E-state index >= 15 is 0 Å². The summed E-state index contributed by atoms with van der Waals surface area (Å²) in [6, 6.07) is 7.03. The van der Waals surface area contributed by atoms with E-state index in [1.165, 1.54) is 0 Å². The lowest BCUT2D eigenvalue weighted by Gasteiger charge is -2.25. The SMILES string of the molecule is CCCC(C)(C)NS(=O)(=O)c1ccccc1C. The number of nitrogens with one attached hydrogen (secondary N) is 1. The highest BCUT2D eigenvalue weighted by Crippen LogP contribution is 2.19. The molecule has 1 aromatic rings. The van der Waals surface area contributed by atoms with E-state index in [0.29, 0.717) is 4.90 Å². The first-order valence-electron chi connectivity index (χ1n) is 5.88. The number of hydrogen-bond acceptors (Lipinski definition) is 2. The number of benzene rings is 1. The summed E-state index contributed by atoms with van der Waals surface area (Å²) in [7, 11) is -3.42. The van der Waals surface area contributed by atoms with Crippen LogP contribution in [-0.2, 0) is 10.0 Å². The third-order valence-electron chi connectivity index (χ3n) is 2.67. The molecule has 0 aliphatic carbocycles. The molecule has 0 aliphatic heterocycles. The number of sulfonamides is 1. The molecule has 0 saturated carbocycles. The summed E-state index contributed by atoms with van der Waals surface area (Å²) >= 11 is 0. The number of aryl methyl sites for hydroxylation is 1. The Morgan fingerprint density at radius 2 is 1.82 bits per heavy atom. The molecule has 1 N–H and O–H groups in total. The van der Waals surface area contributed by atoms with Crippen molar-refractivity contribution in [2.24, 2.45) is 0 Å². The van der Waals surface area contributed by atoms with Gasteiger partial charge < -0.3 is 0 Å². The molecule has 96 valence electrons. The van der Waals surface area contributed by atoms with Gasteiger partial charge in [0.15, 0.2) is 0 Å². The van der Waals surface area contributed by atoms with Crippen LogP contribution in [-0.4, -0.2) is 14.0 Å². The smallest absolute Gasteiger partial charge is 0.207 e. The molecule has 0 heterocycles. The lowest BCUT2D eigenvalue weighted by atomic mass is 10.0. The lowest BCUT2D eigenvalue weighted by Crippen LogP contribution is -2.43. The maximum atomic E-state index is 12.2. The first kappa shape index (κ1) is 14.2. The van der Waals surface area contributed by atoms with Crippen LogP contribution in [0.25, 0.3) is 0 Å². The third-order valence-corrected chi connectivity index (χ3v) is 4.53. The van der Waals surface area contributed by atoms with Gasteiger partial charge in [-0.25, -0.2) is 13.1 Å². The molecule has 0 saturated heterocycles. The fourth-order valence-corrected chi connectivity index (χ4v) is 3.64. The van der Waals surface area contributed by atoms with Crippen LogP contribution < -0.4 is 4.72 Å². The molecule has 3 nitrogen and oxygen atoms in total. The van der Waals surface area contributed by atoms with Crippen LogP contribution in [0.15, 0.2) is 29.2 Å². The van der Waals surface area contributed by atoms with Gasteiger partial charge >= 0.3 is 0 Å². The zero-order valence-corrected chi connectivity index (χ0v) is 11.8. The van der Waals surface area contributed by atoms with E-state index in [0.717, 1.165) is 18.4 Å². The van der Waals surface area contributed by atoms with Crippen LogP contribution >= 0.6 is 0 Å². The van der Waals surface area contributed by atoms with Crippen molar-refractivity contribution in [2.75, 3.05) is 0 Å². The molecule has 17 heavy (non-hydrogen) atoms. The molecule has 1 rings (SSSR count). The van der Waals surface area contributed by atoms with Gasteiger partial charge in [-0.05, 0) is 38.8 Å². The average molecular weight is 255 g/mol.